The first-order valence-electron chi connectivity index (χ1n) is 11.4. The van der Waals surface area contributed by atoms with Crippen LogP contribution in [-0.4, -0.2) is 33.0 Å². The number of carbonyl (C=O) groups is 1. The van der Waals surface area contributed by atoms with Gasteiger partial charge in [-0.3, -0.25) is 9.36 Å². The van der Waals surface area contributed by atoms with Crippen molar-refractivity contribution in [3.63, 3.8) is 0 Å². The van der Waals surface area contributed by atoms with E-state index in [0.29, 0.717) is 35.6 Å². The van der Waals surface area contributed by atoms with E-state index in [2.05, 4.69) is 29.0 Å². The van der Waals surface area contributed by atoms with Crippen molar-refractivity contribution < 1.29 is 14.3 Å². The third kappa shape index (κ3) is 6.41. The van der Waals surface area contributed by atoms with Gasteiger partial charge in [-0.1, -0.05) is 49.0 Å². The first-order chi connectivity index (χ1) is 16.5. The van der Waals surface area contributed by atoms with Gasteiger partial charge in [-0.2, -0.15) is 0 Å². The molecule has 8 heteroatoms. The smallest absolute Gasteiger partial charge is 0.234 e. The van der Waals surface area contributed by atoms with Crippen LogP contribution in [0.4, 0.5) is 5.69 Å². The minimum Gasteiger partial charge on any atom is -0.490 e. The number of thioether (sulfide) groups is 1. The molecule has 0 saturated heterocycles. The molecular formula is C26H32N4O3S. The number of allylic oxidation sites excluding steroid dienone is 1. The molecule has 2 aromatic carbocycles. The maximum absolute atomic E-state index is 12.7. The van der Waals surface area contributed by atoms with E-state index < -0.39 is 0 Å². The molecular weight excluding hydrogens is 448 g/mol. The number of aromatic nitrogens is 3. The number of carbonyl (C=O) groups excluding carboxylic acids is 1. The first-order valence-corrected chi connectivity index (χ1v) is 12.4. The average Bonchev–Trinajstić information content (AvgIpc) is 3.20. The molecule has 1 heterocycles. The summed E-state index contributed by atoms with van der Waals surface area (Å²) >= 11 is 1.34. The molecule has 0 spiro atoms. The number of nitrogens with one attached hydrogen (secondary N) is 1. The zero-order valence-corrected chi connectivity index (χ0v) is 21.1. The number of hydrogen-bond acceptors (Lipinski definition) is 6. The lowest BCUT2D eigenvalue weighted by Crippen LogP contribution is -2.17. The third-order valence-corrected chi connectivity index (χ3v) is 6.16. The van der Waals surface area contributed by atoms with Crippen molar-refractivity contribution in [3.8, 4) is 11.5 Å². The minimum absolute atomic E-state index is 0.0824. The monoisotopic (exact) mass is 480 g/mol. The SMILES string of the molecule is C=CCn1c(COc2ccc(C)cc2OCC)nnc1SCC(=O)Nc1c(C)cccc1CC. The molecule has 180 valence electrons. The van der Waals surface area contributed by atoms with Crippen LogP contribution in [0.25, 0.3) is 0 Å². The second kappa shape index (κ2) is 12.3. The van der Waals surface area contributed by atoms with Crippen LogP contribution in [0, 0.1) is 13.8 Å². The molecule has 1 aromatic heterocycles. The summed E-state index contributed by atoms with van der Waals surface area (Å²) in [4.78, 5) is 12.7. The summed E-state index contributed by atoms with van der Waals surface area (Å²) < 4.78 is 13.6. The molecule has 0 bridgehead atoms. The predicted molar refractivity (Wildman–Crippen MR) is 137 cm³/mol. The van der Waals surface area contributed by atoms with E-state index in [1.807, 2.05) is 61.7 Å². The fraction of sp³-hybridized carbons (Fsp3) is 0.346. The zero-order chi connectivity index (χ0) is 24.5. The maximum atomic E-state index is 12.7. The van der Waals surface area contributed by atoms with Crippen LogP contribution in [0.5, 0.6) is 11.5 Å². The molecule has 34 heavy (non-hydrogen) atoms. The number of aryl methyl sites for hydroxylation is 3. The standard InChI is InChI=1S/C26H32N4O3S/c1-6-14-30-23(16-33-21-13-12-18(4)15-22(21)32-8-3)28-29-26(30)34-17-24(31)27-25-19(5)10-9-11-20(25)7-2/h6,9-13,15H,1,7-8,14,16-17H2,2-5H3,(H,27,31). The van der Waals surface area contributed by atoms with Crippen LogP contribution in [0.3, 0.4) is 0 Å². The minimum atomic E-state index is -0.0824. The van der Waals surface area contributed by atoms with Gasteiger partial charge >= 0.3 is 0 Å². The van der Waals surface area contributed by atoms with Gasteiger partial charge in [0.1, 0.15) is 6.61 Å². The van der Waals surface area contributed by atoms with E-state index in [0.717, 1.165) is 28.8 Å². The average molecular weight is 481 g/mol. The lowest BCUT2D eigenvalue weighted by molar-refractivity contribution is -0.113. The number of nitrogens with zero attached hydrogens (tertiary/aromatic N) is 3. The number of anilines is 1. The number of para-hydroxylation sites is 1. The highest BCUT2D eigenvalue weighted by atomic mass is 32.2. The largest absolute Gasteiger partial charge is 0.490 e. The van der Waals surface area contributed by atoms with Crippen molar-refractivity contribution in [3.05, 3.63) is 71.6 Å². The Morgan fingerprint density at radius 1 is 1.15 bits per heavy atom. The van der Waals surface area contributed by atoms with Crippen molar-refractivity contribution in [2.24, 2.45) is 0 Å². The number of amides is 1. The van der Waals surface area contributed by atoms with E-state index in [4.69, 9.17) is 9.47 Å². The second-order valence-corrected chi connectivity index (χ2v) is 8.71. The molecule has 0 aliphatic heterocycles. The molecule has 7 nitrogen and oxygen atoms in total. The Bertz CT molecular complexity index is 1140. The highest BCUT2D eigenvalue weighted by Gasteiger charge is 2.16. The van der Waals surface area contributed by atoms with Gasteiger partial charge < -0.3 is 14.8 Å². The fourth-order valence-corrected chi connectivity index (χ4v) is 4.26. The van der Waals surface area contributed by atoms with Crippen LogP contribution in [-0.2, 0) is 24.4 Å². The summed E-state index contributed by atoms with van der Waals surface area (Å²) in [5, 5.41) is 12.3. The number of rotatable bonds is 12. The van der Waals surface area contributed by atoms with E-state index in [1.165, 1.54) is 11.8 Å². The molecule has 0 aliphatic rings. The van der Waals surface area contributed by atoms with Gasteiger partial charge in [0, 0.05) is 12.2 Å². The third-order valence-electron chi connectivity index (χ3n) is 5.20. The van der Waals surface area contributed by atoms with Gasteiger partial charge in [-0.15, -0.1) is 16.8 Å². The van der Waals surface area contributed by atoms with Crippen molar-refractivity contribution in [2.45, 2.75) is 52.4 Å². The molecule has 0 unspecified atom stereocenters. The highest BCUT2D eigenvalue weighted by molar-refractivity contribution is 7.99. The van der Waals surface area contributed by atoms with E-state index in [9.17, 15) is 4.79 Å². The molecule has 0 fully saturated rings. The summed E-state index contributed by atoms with van der Waals surface area (Å²) in [6.45, 7) is 13.2. The van der Waals surface area contributed by atoms with Gasteiger partial charge in [0.15, 0.2) is 22.5 Å². The lowest BCUT2D eigenvalue weighted by Gasteiger charge is -2.14. The summed E-state index contributed by atoms with van der Waals surface area (Å²) in [6.07, 6.45) is 2.63. The Morgan fingerprint density at radius 2 is 1.97 bits per heavy atom. The van der Waals surface area contributed by atoms with Crippen LogP contribution in [0.2, 0.25) is 0 Å². The molecule has 3 aromatic rings. The van der Waals surface area contributed by atoms with Crippen LogP contribution in [0.15, 0.2) is 54.2 Å². The zero-order valence-electron chi connectivity index (χ0n) is 20.3. The summed E-state index contributed by atoms with van der Waals surface area (Å²) in [6, 6.07) is 11.9. The Labute approximate surface area is 205 Å². The Hall–Kier alpha value is -3.26. The van der Waals surface area contributed by atoms with Crippen molar-refractivity contribution >= 4 is 23.4 Å². The first kappa shape index (κ1) is 25.4. The number of ether oxygens (including phenoxy) is 2. The molecule has 3 rings (SSSR count). The summed E-state index contributed by atoms with van der Waals surface area (Å²) in [7, 11) is 0. The van der Waals surface area contributed by atoms with Gasteiger partial charge in [-0.25, -0.2) is 0 Å². The quantitative estimate of drug-likeness (QED) is 0.278. The van der Waals surface area contributed by atoms with Crippen LogP contribution in [0.1, 0.15) is 36.4 Å². The fourth-order valence-electron chi connectivity index (χ4n) is 3.50. The molecule has 1 N–H and O–H groups in total. The predicted octanol–water partition coefficient (Wildman–Crippen LogP) is 5.35. The molecule has 0 saturated carbocycles. The van der Waals surface area contributed by atoms with E-state index in [-0.39, 0.29) is 18.3 Å². The molecule has 1 amide bonds. The Morgan fingerprint density at radius 3 is 2.71 bits per heavy atom. The van der Waals surface area contributed by atoms with E-state index >= 15 is 0 Å². The van der Waals surface area contributed by atoms with Crippen LogP contribution < -0.4 is 14.8 Å². The van der Waals surface area contributed by atoms with Crippen molar-refractivity contribution in [1.82, 2.24) is 14.8 Å². The summed E-state index contributed by atoms with van der Waals surface area (Å²) in [5.74, 6) is 2.14. The molecule has 0 aliphatic carbocycles. The van der Waals surface area contributed by atoms with Gasteiger partial charge in [0.2, 0.25) is 5.91 Å². The molecule has 0 atom stereocenters. The van der Waals surface area contributed by atoms with Crippen molar-refractivity contribution in [1.29, 1.82) is 0 Å². The topological polar surface area (TPSA) is 78.3 Å². The van der Waals surface area contributed by atoms with Crippen molar-refractivity contribution in [2.75, 3.05) is 17.7 Å². The lowest BCUT2D eigenvalue weighted by atomic mass is 10.1. The second-order valence-electron chi connectivity index (χ2n) is 7.77. The molecule has 0 radical (unpaired) electrons. The van der Waals surface area contributed by atoms with Crippen LogP contribution >= 0.6 is 11.8 Å². The van der Waals surface area contributed by atoms with Gasteiger partial charge in [0.25, 0.3) is 0 Å². The van der Waals surface area contributed by atoms with E-state index in [1.54, 1.807) is 6.08 Å². The Balaban J connectivity index is 1.67. The Kier molecular flexibility index (Phi) is 9.16. The normalized spacial score (nSPS) is 10.7. The van der Waals surface area contributed by atoms with Gasteiger partial charge in [-0.05, 0) is 56.0 Å². The highest BCUT2D eigenvalue weighted by Crippen LogP contribution is 2.29. The number of benzene rings is 2. The van der Waals surface area contributed by atoms with Gasteiger partial charge in [0.05, 0.1) is 12.4 Å². The number of hydrogen-bond donors (Lipinski definition) is 1. The maximum Gasteiger partial charge on any atom is 0.234 e. The summed E-state index contributed by atoms with van der Waals surface area (Å²) in [5.41, 5.74) is 4.16.